The van der Waals surface area contributed by atoms with E-state index >= 15 is 0 Å². The second-order valence-electron chi connectivity index (χ2n) is 3.62. The van der Waals surface area contributed by atoms with Crippen LogP contribution >= 0.6 is 0 Å². The van der Waals surface area contributed by atoms with E-state index < -0.39 is 23.5 Å². The molecule has 0 N–H and O–H groups in total. The van der Waals surface area contributed by atoms with Gasteiger partial charge in [0.15, 0.2) is 0 Å². The summed E-state index contributed by atoms with van der Waals surface area (Å²) in [5, 5.41) is 0. The highest BCUT2D eigenvalue weighted by molar-refractivity contribution is 5.95. The number of nitrogens with zero attached hydrogens (tertiary/aromatic N) is 1. The van der Waals surface area contributed by atoms with E-state index in [0.29, 0.717) is 6.07 Å². The minimum absolute atomic E-state index is 0.153. The molecule has 0 saturated carbocycles. The highest BCUT2D eigenvalue weighted by Gasteiger charge is 2.17. The summed E-state index contributed by atoms with van der Waals surface area (Å²) in [5.74, 6) is -2.92. The Labute approximate surface area is 103 Å². The minimum Gasteiger partial charge on any atom is -0.465 e. The molecule has 0 atom stereocenters. The van der Waals surface area contributed by atoms with Gasteiger partial charge in [0.05, 0.1) is 6.61 Å². The van der Waals surface area contributed by atoms with Crippen molar-refractivity contribution >= 4 is 11.9 Å². The number of benzene rings is 1. The summed E-state index contributed by atoms with van der Waals surface area (Å²) < 4.78 is 30.5. The summed E-state index contributed by atoms with van der Waals surface area (Å²) >= 11 is 0. The van der Waals surface area contributed by atoms with E-state index in [0.717, 1.165) is 17.0 Å². The maximum atomic E-state index is 12.9. The summed E-state index contributed by atoms with van der Waals surface area (Å²) in [7, 11) is 1.35. The second-order valence-corrected chi connectivity index (χ2v) is 3.62. The van der Waals surface area contributed by atoms with Crippen molar-refractivity contribution in [3.8, 4) is 0 Å². The predicted molar refractivity (Wildman–Crippen MR) is 60.0 cm³/mol. The first kappa shape index (κ1) is 14.1. The topological polar surface area (TPSA) is 46.6 Å². The van der Waals surface area contributed by atoms with Crippen LogP contribution in [0.2, 0.25) is 0 Å². The van der Waals surface area contributed by atoms with Crippen LogP contribution in [0.5, 0.6) is 0 Å². The molecule has 0 fully saturated rings. The second kappa shape index (κ2) is 6.09. The Balaban J connectivity index is 2.77. The third-order valence-electron chi connectivity index (χ3n) is 2.13. The van der Waals surface area contributed by atoms with Crippen LogP contribution in [-0.2, 0) is 9.53 Å². The summed E-state index contributed by atoms with van der Waals surface area (Å²) in [6, 6.07) is 2.49. The van der Waals surface area contributed by atoms with Crippen LogP contribution in [0.25, 0.3) is 0 Å². The average Bonchev–Trinajstić information content (AvgIpc) is 2.26. The molecule has 1 rings (SSSR count). The number of amides is 1. The lowest BCUT2D eigenvalue weighted by molar-refractivity contribution is -0.143. The van der Waals surface area contributed by atoms with Gasteiger partial charge in [0.1, 0.15) is 18.2 Å². The first-order chi connectivity index (χ1) is 8.43. The number of halogens is 2. The van der Waals surface area contributed by atoms with Crippen LogP contribution in [0.4, 0.5) is 8.78 Å². The third-order valence-corrected chi connectivity index (χ3v) is 2.13. The van der Waals surface area contributed by atoms with Crippen molar-refractivity contribution < 1.29 is 23.1 Å². The zero-order valence-electron chi connectivity index (χ0n) is 10.1. The number of rotatable bonds is 4. The van der Waals surface area contributed by atoms with Crippen LogP contribution in [0.1, 0.15) is 17.3 Å². The van der Waals surface area contributed by atoms with Gasteiger partial charge in [-0.3, -0.25) is 9.59 Å². The molecular weight excluding hydrogens is 244 g/mol. The lowest BCUT2D eigenvalue weighted by Gasteiger charge is -2.16. The molecule has 0 aliphatic rings. The van der Waals surface area contributed by atoms with E-state index in [4.69, 9.17) is 0 Å². The van der Waals surface area contributed by atoms with E-state index in [1.165, 1.54) is 7.05 Å². The molecule has 0 unspecified atom stereocenters. The third kappa shape index (κ3) is 3.80. The fourth-order valence-corrected chi connectivity index (χ4v) is 1.37. The highest BCUT2D eigenvalue weighted by atomic mass is 19.1. The van der Waals surface area contributed by atoms with E-state index in [2.05, 4.69) is 4.74 Å². The largest absolute Gasteiger partial charge is 0.465 e. The van der Waals surface area contributed by atoms with Gasteiger partial charge in [-0.25, -0.2) is 8.78 Å². The molecule has 0 spiro atoms. The van der Waals surface area contributed by atoms with E-state index in [9.17, 15) is 18.4 Å². The lowest BCUT2D eigenvalue weighted by Crippen LogP contribution is -2.33. The van der Waals surface area contributed by atoms with Crippen LogP contribution in [0.15, 0.2) is 18.2 Å². The van der Waals surface area contributed by atoms with Crippen LogP contribution in [0, 0.1) is 11.6 Å². The van der Waals surface area contributed by atoms with Crippen molar-refractivity contribution in [1.82, 2.24) is 4.90 Å². The Morgan fingerprint density at radius 1 is 1.22 bits per heavy atom. The van der Waals surface area contributed by atoms with Crippen molar-refractivity contribution in [2.75, 3.05) is 20.2 Å². The number of hydrogen-bond donors (Lipinski definition) is 0. The number of hydrogen-bond acceptors (Lipinski definition) is 3. The molecule has 0 aromatic heterocycles. The van der Waals surface area contributed by atoms with Crippen molar-refractivity contribution in [3.63, 3.8) is 0 Å². The Morgan fingerprint density at radius 3 is 2.28 bits per heavy atom. The first-order valence-electron chi connectivity index (χ1n) is 5.31. The normalized spacial score (nSPS) is 10.0. The van der Waals surface area contributed by atoms with Gasteiger partial charge in [0.25, 0.3) is 5.91 Å². The van der Waals surface area contributed by atoms with Crippen LogP contribution in [-0.4, -0.2) is 37.0 Å². The Hall–Kier alpha value is -1.98. The van der Waals surface area contributed by atoms with Gasteiger partial charge in [-0.2, -0.15) is 0 Å². The van der Waals surface area contributed by atoms with Gasteiger partial charge in [-0.15, -0.1) is 0 Å². The summed E-state index contributed by atoms with van der Waals surface area (Å²) in [6.45, 7) is 1.57. The molecular formula is C12H13F2NO3. The summed E-state index contributed by atoms with van der Waals surface area (Å²) in [6.07, 6.45) is 0. The van der Waals surface area contributed by atoms with Crippen molar-refractivity contribution in [2.24, 2.45) is 0 Å². The monoisotopic (exact) mass is 257 g/mol. The smallest absolute Gasteiger partial charge is 0.325 e. The Kier molecular flexibility index (Phi) is 4.76. The van der Waals surface area contributed by atoms with Gasteiger partial charge >= 0.3 is 5.97 Å². The lowest BCUT2D eigenvalue weighted by atomic mass is 10.2. The number of ether oxygens (including phenoxy) is 1. The number of likely N-dealkylation sites (N-methyl/N-ethyl adjacent to an activating group) is 1. The summed E-state index contributed by atoms with van der Waals surface area (Å²) in [4.78, 5) is 24.0. The number of carbonyl (C=O) groups is 2. The van der Waals surface area contributed by atoms with Gasteiger partial charge in [-0.1, -0.05) is 0 Å². The zero-order chi connectivity index (χ0) is 13.7. The standard InChI is InChI=1S/C12H13F2NO3/c1-3-18-11(16)7-15(2)12(17)8-4-9(13)6-10(14)5-8/h4-6H,3,7H2,1-2H3. The maximum absolute atomic E-state index is 12.9. The average molecular weight is 257 g/mol. The first-order valence-corrected chi connectivity index (χ1v) is 5.31. The van der Waals surface area contributed by atoms with Crippen LogP contribution in [0.3, 0.4) is 0 Å². The molecule has 0 aliphatic carbocycles. The Morgan fingerprint density at radius 2 is 1.78 bits per heavy atom. The molecule has 0 aliphatic heterocycles. The molecule has 1 amide bonds. The molecule has 0 saturated heterocycles. The van der Waals surface area contributed by atoms with Gasteiger partial charge < -0.3 is 9.64 Å². The van der Waals surface area contributed by atoms with Crippen molar-refractivity contribution in [2.45, 2.75) is 6.92 Å². The molecule has 0 radical (unpaired) electrons. The van der Waals surface area contributed by atoms with E-state index in [1.807, 2.05) is 0 Å². The SMILES string of the molecule is CCOC(=O)CN(C)C(=O)c1cc(F)cc(F)c1. The number of esters is 1. The maximum Gasteiger partial charge on any atom is 0.325 e. The Bertz CT molecular complexity index is 442. The molecule has 6 heteroatoms. The van der Waals surface area contributed by atoms with Gasteiger partial charge in [0, 0.05) is 18.7 Å². The molecule has 0 bridgehead atoms. The highest BCUT2D eigenvalue weighted by Crippen LogP contribution is 2.10. The van der Waals surface area contributed by atoms with Crippen LogP contribution < -0.4 is 0 Å². The van der Waals surface area contributed by atoms with Gasteiger partial charge in [0.2, 0.25) is 0 Å². The molecule has 1 aromatic rings. The summed E-state index contributed by atoms with van der Waals surface area (Å²) in [5.41, 5.74) is -0.153. The minimum atomic E-state index is -0.845. The molecule has 0 heterocycles. The molecule has 4 nitrogen and oxygen atoms in total. The quantitative estimate of drug-likeness (QED) is 0.770. The fourth-order valence-electron chi connectivity index (χ4n) is 1.37. The van der Waals surface area contributed by atoms with Gasteiger partial charge in [-0.05, 0) is 19.1 Å². The molecule has 98 valence electrons. The molecule has 1 aromatic carbocycles. The predicted octanol–water partition coefficient (Wildman–Crippen LogP) is 1.60. The van der Waals surface area contributed by atoms with E-state index in [1.54, 1.807) is 6.92 Å². The van der Waals surface area contributed by atoms with E-state index in [-0.39, 0.29) is 18.7 Å². The van der Waals surface area contributed by atoms with Crippen molar-refractivity contribution in [3.05, 3.63) is 35.4 Å². The number of carbonyl (C=O) groups excluding carboxylic acids is 2. The fraction of sp³-hybridized carbons (Fsp3) is 0.333. The molecule has 18 heavy (non-hydrogen) atoms. The van der Waals surface area contributed by atoms with Crippen molar-refractivity contribution in [1.29, 1.82) is 0 Å². The zero-order valence-corrected chi connectivity index (χ0v) is 10.1.